The van der Waals surface area contributed by atoms with Crippen molar-refractivity contribution in [1.29, 1.82) is 0 Å². The maximum Gasteiger partial charge on any atom is 0.00953 e. The molecule has 1 aliphatic carbocycles. The minimum atomic E-state index is 0.973. The molecule has 0 radical (unpaired) electrons. The highest BCUT2D eigenvalue weighted by Crippen LogP contribution is 2.29. The molecule has 0 unspecified atom stereocenters. The van der Waals surface area contributed by atoms with Gasteiger partial charge in [0.25, 0.3) is 0 Å². The van der Waals surface area contributed by atoms with E-state index in [2.05, 4.69) is 11.8 Å². The average Bonchev–Trinajstić information content (AvgIpc) is 2.10. The Bertz CT molecular complexity index is 118. The van der Waals surface area contributed by atoms with E-state index in [0.29, 0.717) is 0 Å². The molecule has 1 saturated heterocycles. The predicted octanol–water partition coefficient (Wildman–Crippen LogP) is 1.88. The highest BCUT2D eigenvalue weighted by Gasteiger charge is 2.29. The largest absolute Gasteiger partial charge is 0.300 e. The van der Waals surface area contributed by atoms with E-state index in [-0.39, 0.29) is 0 Å². The Morgan fingerprint density at radius 3 is 2.40 bits per heavy atom. The van der Waals surface area contributed by atoms with Gasteiger partial charge in [-0.2, -0.15) is 0 Å². The van der Waals surface area contributed by atoms with Crippen LogP contribution in [0.15, 0.2) is 0 Å². The Hall–Kier alpha value is -0.0400. The van der Waals surface area contributed by atoms with Crippen molar-refractivity contribution in [2.75, 3.05) is 13.1 Å². The lowest BCUT2D eigenvalue weighted by molar-refractivity contribution is 0.154. The van der Waals surface area contributed by atoms with Gasteiger partial charge in [-0.25, -0.2) is 0 Å². The van der Waals surface area contributed by atoms with Crippen molar-refractivity contribution in [2.45, 2.75) is 38.6 Å². The van der Waals surface area contributed by atoms with Crippen LogP contribution in [0.1, 0.15) is 32.6 Å². The van der Waals surface area contributed by atoms with Crippen LogP contribution in [0, 0.1) is 5.92 Å². The molecular weight excluding hydrogens is 122 g/mol. The summed E-state index contributed by atoms with van der Waals surface area (Å²) in [7, 11) is 0. The van der Waals surface area contributed by atoms with E-state index in [9.17, 15) is 0 Å². The monoisotopic (exact) mass is 139 g/mol. The van der Waals surface area contributed by atoms with Gasteiger partial charge >= 0.3 is 0 Å². The molecule has 1 aliphatic heterocycles. The zero-order valence-corrected chi connectivity index (χ0v) is 6.84. The highest BCUT2D eigenvalue weighted by molar-refractivity contribution is 4.84. The highest BCUT2D eigenvalue weighted by atomic mass is 15.2. The molecule has 1 nitrogen and oxygen atoms in total. The second-order valence-electron chi connectivity index (χ2n) is 3.97. The summed E-state index contributed by atoms with van der Waals surface area (Å²) >= 11 is 0. The first-order valence-corrected chi connectivity index (χ1v) is 4.60. The van der Waals surface area contributed by atoms with Crippen LogP contribution in [0.2, 0.25) is 0 Å². The first-order valence-electron chi connectivity index (χ1n) is 4.60. The number of rotatable bonds is 1. The van der Waals surface area contributed by atoms with Crippen molar-refractivity contribution < 1.29 is 0 Å². The molecular formula is C9H17N. The van der Waals surface area contributed by atoms with Crippen molar-refractivity contribution in [3.63, 3.8) is 0 Å². The van der Waals surface area contributed by atoms with Gasteiger partial charge in [0.1, 0.15) is 0 Å². The van der Waals surface area contributed by atoms with Gasteiger partial charge in [0.05, 0.1) is 0 Å². The number of hydrogen-bond acceptors (Lipinski definition) is 1. The van der Waals surface area contributed by atoms with Gasteiger partial charge in [0.2, 0.25) is 0 Å². The smallest absolute Gasteiger partial charge is 0.00953 e. The number of likely N-dealkylation sites (tertiary alicyclic amines) is 1. The molecule has 2 aliphatic rings. The Morgan fingerprint density at radius 1 is 1.20 bits per heavy atom. The predicted molar refractivity (Wildman–Crippen MR) is 43.0 cm³/mol. The van der Waals surface area contributed by atoms with Crippen LogP contribution in [-0.4, -0.2) is 24.0 Å². The maximum absolute atomic E-state index is 2.69. The van der Waals surface area contributed by atoms with Crippen LogP contribution in [-0.2, 0) is 0 Å². The lowest BCUT2D eigenvalue weighted by Gasteiger charge is -2.34. The molecule has 0 bridgehead atoms. The molecule has 1 heterocycles. The molecule has 58 valence electrons. The summed E-state index contributed by atoms with van der Waals surface area (Å²) in [6.45, 7) is 5.13. The minimum Gasteiger partial charge on any atom is -0.300 e. The lowest BCUT2D eigenvalue weighted by atomic mass is 9.92. The fraction of sp³-hybridized carbons (Fsp3) is 1.00. The van der Waals surface area contributed by atoms with Crippen molar-refractivity contribution >= 4 is 0 Å². The van der Waals surface area contributed by atoms with Crippen molar-refractivity contribution in [1.82, 2.24) is 4.90 Å². The van der Waals surface area contributed by atoms with E-state index in [1.807, 2.05) is 0 Å². The van der Waals surface area contributed by atoms with Gasteiger partial charge < -0.3 is 4.90 Å². The third-order valence-electron chi connectivity index (χ3n) is 3.05. The van der Waals surface area contributed by atoms with Gasteiger partial charge in [-0.05, 0) is 31.7 Å². The molecule has 0 aromatic carbocycles. The molecule has 0 aromatic rings. The van der Waals surface area contributed by atoms with Gasteiger partial charge in [0, 0.05) is 12.6 Å². The summed E-state index contributed by atoms with van der Waals surface area (Å²) in [6.07, 6.45) is 5.88. The topological polar surface area (TPSA) is 3.24 Å². The average molecular weight is 139 g/mol. The summed E-state index contributed by atoms with van der Waals surface area (Å²) in [5.74, 6) is 0.973. The molecule has 0 N–H and O–H groups in total. The van der Waals surface area contributed by atoms with Crippen molar-refractivity contribution in [2.24, 2.45) is 5.92 Å². The van der Waals surface area contributed by atoms with Gasteiger partial charge in [-0.1, -0.05) is 13.3 Å². The number of nitrogens with zero attached hydrogens (tertiary/aromatic N) is 1. The maximum atomic E-state index is 2.69. The molecule has 1 saturated carbocycles. The summed E-state index contributed by atoms with van der Waals surface area (Å²) in [5, 5.41) is 0. The quantitative estimate of drug-likeness (QED) is 0.536. The third kappa shape index (κ3) is 1.07. The molecule has 10 heavy (non-hydrogen) atoms. The summed E-state index contributed by atoms with van der Waals surface area (Å²) in [5.41, 5.74) is 0. The van der Waals surface area contributed by atoms with E-state index < -0.39 is 0 Å². The molecule has 1 atom stereocenters. The van der Waals surface area contributed by atoms with Gasteiger partial charge in [-0.15, -0.1) is 0 Å². The Balaban J connectivity index is 1.82. The van der Waals surface area contributed by atoms with E-state index >= 15 is 0 Å². The summed E-state index contributed by atoms with van der Waals surface area (Å²) < 4.78 is 0. The Morgan fingerprint density at radius 2 is 2.00 bits per heavy atom. The first-order chi connectivity index (χ1) is 4.86. The first kappa shape index (κ1) is 6.66. The second-order valence-corrected chi connectivity index (χ2v) is 3.97. The van der Waals surface area contributed by atoms with Gasteiger partial charge in [0.15, 0.2) is 0 Å². The molecule has 1 heteroatoms. The van der Waals surface area contributed by atoms with Crippen LogP contribution < -0.4 is 0 Å². The lowest BCUT2D eigenvalue weighted by Crippen LogP contribution is -2.38. The van der Waals surface area contributed by atoms with Crippen LogP contribution in [0.25, 0.3) is 0 Å². The Labute approximate surface area is 63.4 Å². The number of hydrogen-bond donors (Lipinski definition) is 0. The van der Waals surface area contributed by atoms with Crippen molar-refractivity contribution in [3.8, 4) is 0 Å². The summed E-state index contributed by atoms with van der Waals surface area (Å²) in [4.78, 5) is 2.69. The zero-order valence-electron chi connectivity index (χ0n) is 6.84. The Kier molecular flexibility index (Phi) is 1.69. The van der Waals surface area contributed by atoms with Crippen LogP contribution >= 0.6 is 0 Å². The van der Waals surface area contributed by atoms with E-state index in [0.717, 1.165) is 12.0 Å². The molecule has 2 fully saturated rings. The fourth-order valence-electron chi connectivity index (χ4n) is 2.05. The van der Waals surface area contributed by atoms with Crippen LogP contribution in [0.3, 0.4) is 0 Å². The van der Waals surface area contributed by atoms with Crippen LogP contribution in [0.4, 0.5) is 0 Å². The normalized spacial score (nSPS) is 36.3. The van der Waals surface area contributed by atoms with Crippen LogP contribution in [0.5, 0.6) is 0 Å². The fourth-order valence-corrected chi connectivity index (χ4v) is 2.05. The van der Waals surface area contributed by atoms with E-state index in [4.69, 9.17) is 0 Å². The standard InChI is InChI=1S/C9H17N/c1-8-5-6-10(7-8)9-3-2-4-9/h8-9H,2-7H2,1H3/t8-/m1/s1. The van der Waals surface area contributed by atoms with Gasteiger partial charge in [-0.3, -0.25) is 0 Å². The third-order valence-corrected chi connectivity index (χ3v) is 3.05. The van der Waals surface area contributed by atoms with E-state index in [1.54, 1.807) is 0 Å². The minimum absolute atomic E-state index is 0.973. The molecule has 0 aromatic heterocycles. The van der Waals surface area contributed by atoms with E-state index in [1.165, 1.54) is 38.8 Å². The molecule has 0 amide bonds. The summed E-state index contributed by atoms with van der Waals surface area (Å²) in [6, 6.07) is 0.991. The molecule has 2 rings (SSSR count). The molecule has 0 spiro atoms. The SMILES string of the molecule is C[C@@H]1CCN(C2CCC2)C1. The van der Waals surface area contributed by atoms with Crippen molar-refractivity contribution in [3.05, 3.63) is 0 Å². The second kappa shape index (κ2) is 2.54. The zero-order chi connectivity index (χ0) is 6.97.